The summed E-state index contributed by atoms with van der Waals surface area (Å²) in [4.78, 5) is 0.242. The maximum atomic E-state index is 13.7. The van der Waals surface area contributed by atoms with Crippen molar-refractivity contribution in [3.8, 4) is 5.75 Å². The molecule has 7 nitrogen and oxygen atoms in total. The van der Waals surface area contributed by atoms with Gasteiger partial charge in [-0.25, -0.2) is 8.42 Å². The summed E-state index contributed by atoms with van der Waals surface area (Å²) in [6.07, 6.45) is 8.33. The molecule has 2 aliphatic heterocycles. The maximum Gasteiger partial charge on any atom is 0.247 e. The number of ether oxygens (including phenoxy) is 2. The molecule has 0 spiro atoms. The molecule has 2 aliphatic rings. The third-order valence-electron chi connectivity index (χ3n) is 5.70. The summed E-state index contributed by atoms with van der Waals surface area (Å²) in [5.74, 6) is 0.404. The highest BCUT2D eigenvalue weighted by Gasteiger charge is 2.37. The lowest BCUT2D eigenvalue weighted by Crippen LogP contribution is -2.38. The number of rotatable bonds is 6. The summed E-state index contributed by atoms with van der Waals surface area (Å²) in [6.45, 7) is 3.52. The van der Waals surface area contributed by atoms with Crippen LogP contribution < -0.4 is 4.74 Å². The smallest absolute Gasteiger partial charge is 0.247 e. The summed E-state index contributed by atoms with van der Waals surface area (Å²) in [5, 5.41) is 4.24. The molecule has 2 fully saturated rings. The van der Waals surface area contributed by atoms with Gasteiger partial charge in [0.2, 0.25) is 10.0 Å². The molecule has 1 aromatic carbocycles. The highest BCUT2D eigenvalue weighted by atomic mass is 32.2. The van der Waals surface area contributed by atoms with Crippen LogP contribution in [0.25, 0.3) is 0 Å². The van der Waals surface area contributed by atoms with Crippen LogP contribution in [0.4, 0.5) is 0 Å². The average Bonchev–Trinajstić information content (AvgIpc) is 3.38. The van der Waals surface area contributed by atoms with E-state index < -0.39 is 10.0 Å². The van der Waals surface area contributed by atoms with Gasteiger partial charge in [-0.1, -0.05) is 12.5 Å². The molecule has 158 valence electrons. The average molecular weight is 420 g/mol. The molecular formula is C21H29N3O4S. The minimum atomic E-state index is -3.72. The first-order valence-electron chi connectivity index (χ1n) is 10.3. The molecule has 1 aromatic heterocycles. The molecule has 2 unspecified atom stereocenters. The number of sulfonamides is 1. The molecule has 8 heteroatoms. The molecule has 2 atom stereocenters. The molecular weight excluding hydrogens is 390 g/mol. The van der Waals surface area contributed by atoms with Gasteiger partial charge in [-0.15, -0.1) is 0 Å². The number of benzene rings is 1. The summed E-state index contributed by atoms with van der Waals surface area (Å²) < 4.78 is 42.4. The van der Waals surface area contributed by atoms with Gasteiger partial charge in [0, 0.05) is 32.0 Å². The van der Waals surface area contributed by atoms with E-state index in [1.54, 1.807) is 27.3 Å². The lowest BCUT2D eigenvalue weighted by atomic mass is 10.0. The fourth-order valence-corrected chi connectivity index (χ4v) is 6.06. The fourth-order valence-electron chi connectivity index (χ4n) is 4.16. The molecule has 0 amide bonds. The number of nitrogens with zero attached hydrogens (tertiary/aromatic N) is 3. The van der Waals surface area contributed by atoms with E-state index in [-0.39, 0.29) is 17.0 Å². The van der Waals surface area contributed by atoms with Crippen molar-refractivity contribution in [2.45, 2.75) is 56.1 Å². The van der Waals surface area contributed by atoms with Crippen LogP contribution >= 0.6 is 0 Å². The number of aryl methyl sites for hydroxylation is 2. The topological polar surface area (TPSA) is 73.7 Å². The van der Waals surface area contributed by atoms with E-state index in [9.17, 15) is 8.42 Å². The zero-order valence-corrected chi connectivity index (χ0v) is 17.9. The zero-order chi connectivity index (χ0) is 20.4. The number of piperidine rings is 1. The first-order valence-corrected chi connectivity index (χ1v) is 11.7. The number of hydrogen-bond acceptors (Lipinski definition) is 5. The molecule has 0 radical (unpaired) electrons. The Bertz CT molecular complexity index is 951. The highest BCUT2D eigenvalue weighted by molar-refractivity contribution is 7.89. The fraction of sp³-hybridized carbons (Fsp3) is 0.571. The Hall–Kier alpha value is -1.90. The van der Waals surface area contributed by atoms with Gasteiger partial charge in [0.05, 0.1) is 18.3 Å². The second-order valence-corrected chi connectivity index (χ2v) is 9.83. The first-order chi connectivity index (χ1) is 13.9. The van der Waals surface area contributed by atoms with Crippen molar-refractivity contribution in [2.75, 3.05) is 19.8 Å². The predicted molar refractivity (Wildman–Crippen MR) is 109 cm³/mol. The molecule has 3 heterocycles. The monoisotopic (exact) mass is 419 g/mol. The molecule has 29 heavy (non-hydrogen) atoms. The van der Waals surface area contributed by atoms with E-state index in [1.165, 1.54) is 0 Å². The first kappa shape index (κ1) is 20.4. The van der Waals surface area contributed by atoms with Crippen LogP contribution in [0.15, 0.2) is 35.5 Å². The second kappa shape index (κ2) is 8.45. The Balaban J connectivity index is 1.65. The minimum Gasteiger partial charge on any atom is -0.489 e. The van der Waals surface area contributed by atoms with Gasteiger partial charge in [0.25, 0.3) is 0 Å². The van der Waals surface area contributed by atoms with Crippen LogP contribution in [0.1, 0.15) is 49.3 Å². The summed E-state index contributed by atoms with van der Waals surface area (Å²) in [5.41, 5.74) is 1.83. The molecule has 0 N–H and O–H groups in total. The lowest BCUT2D eigenvalue weighted by Gasteiger charge is -2.34. The Morgan fingerprint density at radius 3 is 2.83 bits per heavy atom. The lowest BCUT2D eigenvalue weighted by molar-refractivity contribution is 0.0668. The van der Waals surface area contributed by atoms with E-state index in [0.29, 0.717) is 18.9 Å². The maximum absolute atomic E-state index is 13.7. The molecule has 0 bridgehead atoms. The van der Waals surface area contributed by atoms with Crippen molar-refractivity contribution in [3.63, 3.8) is 0 Å². The number of aromatic nitrogens is 2. The van der Waals surface area contributed by atoms with Gasteiger partial charge in [0.15, 0.2) is 0 Å². The van der Waals surface area contributed by atoms with Gasteiger partial charge in [-0.05, 0) is 50.3 Å². The Morgan fingerprint density at radius 2 is 2.10 bits per heavy atom. The SMILES string of the molecule is Cc1ccc(OCC2CCCO2)c(S(=O)(=O)N2CCCCC2c2cnn(C)c2)c1. The van der Waals surface area contributed by atoms with Crippen molar-refractivity contribution in [2.24, 2.45) is 7.05 Å². The minimum absolute atomic E-state index is 0.0324. The summed E-state index contributed by atoms with van der Waals surface area (Å²) >= 11 is 0. The van der Waals surface area contributed by atoms with Crippen LogP contribution in [0, 0.1) is 6.92 Å². The largest absolute Gasteiger partial charge is 0.489 e. The van der Waals surface area contributed by atoms with Gasteiger partial charge in [-0.3, -0.25) is 4.68 Å². The van der Waals surface area contributed by atoms with Crippen LogP contribution in [-0.4, -0.2) is 48.4 Å². The van der Waals surface area contributed by atoms with Crippen LogP contribution in [0.5, 0.6) is 5.75 Å². The Kier molecular flexibility index (Phi) is 5.94. The van der Waals surface area contributed by atoms with Crippen molar-refractivity contribution in [1.82, 2.24) is 14.1 Å². The predicted octanol–water partition coefficient (Wildman–Crippen LogP) is 3.20. The molecule has 4 rings (SSSR count). The van der Waals surface area contributed by atoms with Gasteiger partial charge < -0.3 is 9.47 Å². The second-order valence-electron chi connectivity index (χ2n) is 7.97. The molecule has 2 saturated heterocycles. The summed E-state index contributed by atoms with van der Waals surface area (Å²) in [6, 6.07) is 5.17. The van der Waals surface area contributed by atoms with Crippen LogP contribution in [0.3, 0.4) is 0 Å². The molecule has 2 aromatic rings. The van der Waals surface area contributed by atoms with E-state index in [4.69, 9.17) is 9.47 Å². The van der Waals surface area contributed by atoms with Crippen LogP contribution in [0.2, 0.25) is 0 Å². The zero-order valence-electron chi connectivity index (χ0n) is 17.1. The van der Waals surface area contributed by atoms with E-state index in [2.05, 4.69) is 5.10 Å². The van der Waals surface area contributed by atoms with Crippen molar-refractivity contribution in [3.05, 3.63) is 41.7 Å². The quantitative estimate of drug-likeness (QED) is 0.719. The highest BCUT2D eigenvalue weighted by Crippen LogP contribution is 2.38. The van der Waals surface area contributed by atoms with Crippen molar-refractivity contribution in [1.29, 1.82) is 0 Å². The Labute approximate surface area is 172 Å². The Morgan fingerprint density at radius 1 is 1.24 bits per heavy atom. The molecule has 0 aliphatic carbocycles. The van der Waals surface area contributed by atoms with Gasteiger partial charge in [0.1, 0.15) is 17.3 Å². The van der Waals surface area contributed by atoms with Crippen LogP contribution in [-0.2, 0) is 21.8 Å². The van der Waals surface area contributed by atoms with Crippen molar-refractivity contribution < 1.29 is 17.9 Å². The van der Waals surface area contributed by atoms with Gasteiger partial charge >= 0.3 is 0 Å². The third kappa shape index (κ3) is 4.34. The van der Waals surface area contributed by atoms with Crippen molar-refractivity contribution >= 4 is 10.0 Å². The normalized spacial score (nSPS) is 23.4. The van der Waals surface area contributed by atoms with E-state index >= 15 is 0 Å². The van der Waals surface area contributed by atoms with E-state index in [0.717, 1.165) is 49.8 Å². The van der Waals surface area contributed by atoms with Gasteiger partial charge in [-0.2, -0.15) is 9.40 Å². The molecule has 0 saturated carbocycles. The van der Waals surface area contributed by atoms with E-state index in [1.807, 2.05) is 26.2 Å². The third-order valence-corrected chi connectivity index (χ3v) is 7.63. The summed E-state index contributed by atoms with van der Waals surface area (Å²) in [7, 11) is -1.87. The number of hydrogen-bond donors (Lipinski definition) is 0. The standard InChI is InChI=1S/C21H29N3O4S/c1-16-8-9-20(28-15-18-6-5-11-27-18)21(12-16)29(25,26)24-10-4-3-7-19(24)17-13-22-23(2)14-17/h8-9,12-14,18-19H,3-7,10-11,15H2,1-2H3.